The molecular weight excluding hydrogens is 160 g/mol. The molecular formula is C12H20O. The van der Waals surface area contributed by atoms with Gasteiger partial charge in [-0.2, -0.15) is 0 Å². The third kappa shape index (κ3) is 2.70. The molecule has 0 aromatic heterocycles. The summed E-state index contributed by atoms with van der Waals surface area (Å²) in [6.45, 7) is 8.10. The number of rotatable bonds is 3. The van der Waals surface area contributed by atoms with Crippen LogP contribution in [0.4, 0.5) is 0 Å². The van der Waals surface area contributed by atoms with Crippen molar-refractivity contribution in [1.29, 1.82) is 0 Å². The molecule has 0 radical (unpaired) electrons. The predicted molar refractivity (Wildman–Crippen MR) is 56.5 cm³/mol. The van der Waals surface area contributed by atoms with E-state index < -0.39 is 5.60 Å². The van der Waals surface area contributed by atoms with Gasteiger partial charge in [0.05, 0.1) is 5.60 Å². The van der Waals surface area contributed by atoms with Crippen LogP contribution in [0.1, 0.15) is 39.5 Å². The second-order valence-electron chi connectivity index (χ2n) is 4.20. The lowest BCUT2D eigenvalue weighted by Gasteiger charge is -2.30. The molecule has 0 fully saturated rings. The summed E-state index contributed by atoms with van der Waals surface area (Å²) < 4.78 is 0. The Hall–Kier alpha value is -0.560. The lowest BCUT2D eigenvalue weighted by atomic mass is 9.80. The molecule has 0 amide bonds. The summed E-state index contributed by atoms with van der Waals surface area (Å²) in [6.07, 6.45) is 7.93. The van der Waals surface area contributed by atoms with Crippen molar-refractivity contribution in [1.82, 2.24) is 0 Å². The number of hydrogen-bond donors (Lipinski definition) is 1. The Balaban J connectivity index is 2.60. The first-order chi connectivity index (χ1) is 6.07. The van der Waals surface area contributed by atoms with E-state index in [4.69, 9.17) is 0 Å². The average Bonchev–Trinajstić information content (AvgIpc) is 2.05. The van der Waals surface area contributed by atoms with Gasteiger partial charge in [0.15, 0.2) is 0 Å². The normalized spacial score (nSPS) is 33.3. The first-order valence-electron chi connectivity index (χ1n) is 5.14. The minimum absolute atomic E-state index is 0.483. The van der Waals surface area contributed by atoms with Crippen molar-refractivity contribution in [2.24, 2.45) is 5.92 Å². The molecule has 1 N–H and O–H groups in total. The van der Waals surface area contributed by atoms with Gasteiger partial charge in [0.25, 0.3) is 0 Å². The molecule has 1 rings (SSSR count). The first kappa shape index (κ1) is 10.5. The molecule has 0 aromatic rings. The van der Waals surface area contributed by atoms with Gasteiger partial charge in [0, 0.05) is 0 Å². The van der Waals surface area contributed by atoms with E-state index >= 15 is 0 Å². The fourth-order valence-corrected chi connectivity index (χ4v) is 1.93. The minimum atomic E-state index is -0.527. The number of hydrogen-bond acceptors (Lipinski definition) is 1. The van der Waals surface area contributed by atoms with Crippen LogP contribution in [0.15, 0.2) is 24.3 Å². The predicted octanol–water partition coefficient (Wildman–Crippen LogP) is 3.06. The Morgan fingerprint density at radius 2 is 2.38 bits per heavy atom. The van der Waals surface area contributed by atoms with Crippen molar-refractivity contribution >= 4 is 0 Å². The standard InChI is InChI=1S/C12H20O/c1-4-7-12(13)8-5-11(6-9-12)10(2)3/h5,8,11,13H,2,4,6-7,9H2,1,3H3. The van der Waals surface area contributed by atoms with Crippen molar-refractivity contribution in [3.05, 3.63) is 24.3 Å². The Morgan fingerprint density at radius 1 is 1.69 bits per heavy atom. The Labute approximate surface area is 81.2 Å². The minimum Gasteiger partial charge on any atom is -0.386 e. The van der Waals surface area contributed by atoms with E-state index in [1.165, 1.54) is 5.57 Å². The SMILES string of the molecule is C=C(C)C1C=CC(O)(CCC)CC1. The maximum Gasteiger partial charge on any atom is 0.0828 e. The zero-order valence-electron chi connectivity index (χ0n) is 8.71. The summed E-state index contributed by atoms with van der Waals surface area (Å²) in [4.78, 5) is 0. The Bertz CT molecular complexity index is 217. The van der Waals surface area contributed by atoms with Crippen LogP contribution in [0.25, 0.3) is 0 Å². The molecule has 1 aliphatic carbocycles. The van der Waals surface area contributed by atoms with Crippen LogP contribution in [0.5, 0.6) is 0 Å². The van der Waals surface area contributed by atoms with Crippen LogP contribution in [-0.2, 0) is 0 Å². The molecule has 0 saturated carbocycles. The molecule has 0 aliphatic heterocycles. The molecule has 1 nitrogen and oxygen atoms in total. The molecule has 0 spiro atoms. The smallest absolute Gasteiger partial charge is 0.0828 e. The highest BCUT2D eigenvalue weighted by atomic mass is 16.3. The van der Waals surface area contributed by atoms with Gasteiger partial charge in [-0.1, -0.05) is 37.6 Å². The highest BCUT2D eigenvalue weighted by molar-refractivity contribution is 5.15. The lowest BCUT2D eigenvalue weighted by molar-refractivity contribution is 0.0610. The second-order valence-corrected chi connectivity index (χ2v) is 4.20. The van der Waals surface area contributed by atoms with Crippen LogP contribution in [-0.4, -0.2) is 10.7 Å². The molecule has 0 saturated heterocycles. The quantitative estimate of drug-likeness (QED) is 0.662. The van der Waals surface area contributed by atoms with E-state index in [1.54, 1.807) is 0 Å². The molecule has 13 heavy (non-hydrogen) atoms. The summed E-state index contributed by atoms with van der Waals surface area (Å²) in [5, 5.41) is 10.1. The van der Waals surface area contributed by atoms with Crippen LogP contribution in [0.3, 0.4) is 0 Å². The second kappa shape index (κ2) is 4.10. The summed E-state index contributed by atoms with van der Waals surface area (Å²) in [5.41, 5.74) is 0.676. The highest BCUT2D eigenvalue weighted by Gasteiger charge is 2.27. The summed E-state index contributed by atoms with van der Waals surface area (Å²) >= 11 is 0. The van der Waals surface area contributed by atoms with Gasteiger partial charge >= 0.3 is 0 Å². The lowest BCUT2D eigenvalue weighted by Crippen LogP contribution is -2.29. The molecule has 0 aromatic carbocycles. The van der Waals surface area contributed by atoms with E-state index in [2.05, 4.69) is 26.5 Å². The zero-order chi connectivity index (χ0) is 9.90. The molecule has 1 heteroatoms. The average molecular weight is 180 g/mol. The van der Waals surface area contributed by atoms with Crippen molar-refractivity contribution in [2.75, 3.05) is 0 Å². The first-order valence-corrected chi connectivity index (χ1v) is 5.14. The van der Waals surface area contributed by atoms with E-state index in [0.717, 1.165) is 25.7 Å². The molecule has 74 valence electrons. The van der Waals surface area contributed by atoms with E-state index in [0.29, 0.717) is 5.92 Å². The molecule has 2 unspecified atom stereocenters. The zero-order valence-corrected chi connectivity index (χ0v) is 8.71. The third-order valence-electron chi connectivity index (χ3n) is 2.84. The van der Waals surface area contributed by atoms with Gasteiger partial charge in [0.1, 0.15) is 0 Å². The molecule has 1 aliphatic rings. The number of allylic oxidation sites excluding steroid dienone is 2. The van der Waals surface area contributed by atoms with Gasteiger partial charge in [-0.3, -0.25) is 0 Å². The van der Waals surface area contributed by atoms with Gasteiger partial charge in [-0.15, -0.1) is 0 Å². The molecule has 2 atom stereocenters. The van der Waals surface area contributed by atoms with E-state index in [-0.39, 0.29) is 0 Å². The van der Waals surface area contributed by atoms with E-state index in [9.17, 15) is 5.11 Å². The van der Waals surface area contributed by atoms with Crippen molar-refractivity contribution in [2.45, 2.75) is 45.1 Å². The molecule has 0 heterocycles. The molecule has 0 bridgehead atoms. The summed E-state index contributed by atoms with van der Waals surface area (Å²) in [5.74, 6) is 0.483. The Morgan fingerprint density at radius 3 is 2.77 bits per heavy atom. The van der Waals surface area contributed by atoms with Gasteiger partial charge in [-0.05, 0) is 32.1 Å². The fraction of sp³-hybridized carbons (Fsp3) is 0.667. The van der Waals surface area contributed by atoms with Crippen molar-refractivity contribution in [3.8, 4) is 0 Å². The van der Waals surface area contributed by atoms with Crippen LogP contribution >= 0.6 is 0 Å². The van der Waals surface area contributed by atoms with Crippen LogP contribution in [0, 0.1) is 5.92 Å². The van der Waals surface area contributed by atoms with Crippen molar-refractivity contribution < 1.29 is 5.11 Å². The van der Waals surface area contributed by atoms with Gasteiger partial charge < -0.3 is 5.11 Å². The van der Waals surface area contributed by atoms with Gasteiger partial charge in [-0.25, -0.2) is 0 Å². The van der Waals surface area contributed by atoms with Crippen molar-refractivity contribution in [3.63, 3.8) is 0 Å². The largest absolute Gasteiger partial charge is 0.386 e. The highest BCUT2D eigenvalue weighted by Crippen LogP contribution is 2.31. The van der Waals surface area contributed by atoms with E-state index in [1.807, 2.05) is 6.08 Å². The monoisotopic (exact) mass is 180 g/mol. The third-order valence-corrected chi connectivity index (χ3v) is 2.84. The van der Waals surface area contributed by atoms with Crippen LogP contribution < -0.4 is 0 Å². The number of aliphatic hydroxyl groups is 1. The summed E-state index contributed by atoms with van der Waals surface area (Å²) in [6, 6.07) is 0. The topological polar surface area (TPSA) is 20.2 Å². The fourth-order valence-electron chi connectivity index (χ4n) is 1.93. The van der Waals surface area contributed by atoms with Gasteiger partial charge in [0.2, 0.25) is 0 Å². The summed E-state index contributed by atoms with van der Waals surface area (Å²) in [7, 11) is 0. The maximum atomic E-state index is 10.1. The Kier molecular flexibility index (Phi) is 3.32. The maximum absolute atomic E-state index is 10.1. The van der Waals surface area contributed by atoms with Crippen LogP contribution in [0.2, 0.25) is 0 Å².